The first-order chi connectivity index (χ1) is 14.1. The molecule has 2 aromatic rings. The monoisotopic (exact) mass is 396 g/mol. The van der Waals surface area contributed by atoms with Crippen molar-refractivity contribution < 1.29 is 9.84 Å². The van der Waals surface area contributed by atoms with Gasteiger partial charge in [0, 0.05) is 37.7 Å². The Morgan fingerprint density at radius 1 is 1.45 bits per heavy atom. The van der Waals surface area contributed by atoms with Gasteiger partial charge >= 0.3 is 0 Å². The summed E-state index contributed by atoms with van der Waals surface area (Å²) in [5, 5.41) is 29.5. The molecular weight excluding hydrogens is 372 g/mol. The van der Waals surface area contributed by atoms with E-state index in [2.05, 4.69) is 30.5 Å². The third-order valence-electron chi connectivity index (χ3n) is 5.42. The van der Waals surface area contributed by atoms with E-state index in [1.165, 1.54) is 6.21 Å². The second-order valence-electron chi connectivity index (χ2n) is 7.28. The lowest BCUT2D eigenvalue weighted by Crippen LogP contribution is -2.39. The Hall–Kier alpha value is -3.11. The molecule has 3 atom stereocenters. The minimum absolute atomic E-state index is 0.0133. The van der Waals surface area contributed by atoms with Gasteiger partial charge in [-0.15, -0.1) is 0 Å². The first kappa shape index (κ1) is 19.2. The van der Waals surface area contributed by atoms with Gasteiger partial charge in [0.15, 0.2) is 5.84 Å². The van der Waals surface area contributed by atoms with Crippen molar-refractivity contribution >= 4 is 30.0 Å². The molecule has 0 aliphatic carbocycles. The van der Waals surface area contributed by atoms with E-state index in [9.17, 15) is 5.11 Å². The molecule has 0 amide bonds. The SMILES string of the molecule is CN=C(N=CN)c1cc(C2(O)C[C@H]3CC[C@@H](C2)O3)c(C=N)c(Nc2ccn[nH]2)n1. The molecule has 1 unspecified atom stereocenters. The molecule has 4 heterocycles. The summed E-state index contributed by atoms with van der Waals surface area (Å²) in [6.07, 6.45) is 6.80. The second-order valence-corrected chi connectivity index (χ2v) is 7.28. The number of rotatable bonds is 5. The summed E-state index contributed by atoms with van der Waals surface area (Å²) >= 11 is 0. The molecule has 2 aliphatic heterocycles. The third-order valence-corrected chi connectivity index (χ3v) is 5.42. The van der Waals surface area contributed by atoms with Gasteiger partial charge in [0.1, 0.15) is 17.3 Å². The molecule has 4 rings (SSSR count). The zero-order valence-electron chi connectivity index (χ0n) is 16.1. The lowest BCUT2D eigenvalue weighted by molar-refractivity contribution is -0.115. The largest absolute Gasteiger partial charge is 0.390 e. The molecule has 2 saturated heterocycles. The van der Waals surface area contributed by atoms with Crippen molar-refractivity contribution in [1.29, 1.82) is 5.41 Å². The highest BCUT2D eigenvalue weighted by molar-refractivity contribution is 6.02. The topological polar surface area (TPSA) is 158 Å². The summed E-state index contributed by atoms with van der Waals surface area (Å²) in [6.45, 7) is 0. The van der Waals surface area contributed by atoms with Crippen molar-refractivity contribution in [3.8, 4) is 0 Å². The quantitative estimate of drug-likeness (QED) is 0.380. The minimum Gasteiger partial charge on any atom is -0.390 e. The number of amidine groups is 1. The zero-order valence-corrected chi connectivity index (χ0v) is 16.1. The van der Waals surface area contributed by atoms with Crippen molar-refractivity contribution in [1.82, 2.24) is 15.2 Å². The Labute approximate surface area is 167 Å². The van der Waals surface area contributed by atoms with Crippen LogP contribution in [0.5, 0.6) is 0 Å². The molecule has 0 aromatic carbocycles. The van der Waals surface area contributed by atoms with Gasteiger partial charge in [-0.1, -0.05) is 0 Å². The normalized spacial score (nSPS) is 26.8. The maximum absolute atomic E-state index is 11.6. The van der Waals surface area contributed by atoms with Crippen molar-refractivity contribution in [3.63, 3.8) is 0 Å². The van der Waals surface area contributed by atoms with Gasteiger partial charge in [-0.05, 0) is 24.5 Å². The number of nitrogens with two attached hydrogens (primary N) is 1. The van der Waals surface area contributed by atoms with Gasteiger partial charge in [-0.25, -0.2) is 9.98 Å². The fourth-order valence-corrected chi connectivity index (χ4v) is 4.19. The zero-order chi connectivity index (χ0) is 20.4. The van der Waals surface area contributed by atoms with Crippen LogP contribution in [0.15, 0.2) is 28.3 Å². The van der Waals surface area contributed by atoms with Crippen molar-refractivity contribution in [2.24, 2.45) is 15.7 Å². The maximum atomic E-state index is 11.6. The number of nitrogens with one attached hydrogen (secondary N) is 3. The van der Waals surface area contributed by atoms with E-state index in [0.717, 1.165) is 19.2 Å². The van der Waals surface area contributed by atoms with E-state index in [0.29, 0.717) is 47.1 Å². The summed E-state index contributed by atoms with van der Waals surface area (Å²) in [6, 6.07) is 3.50. The highest BCUT2D eigenvalue weighted by Crippen LogP contribution is 2.45. The van der Waals surface area contributed by atoms with Crippen molar-refractivity contribution in [3.05, 3.63) is 35.2 Å². The first-order valence-electron chi connectivity index (χ1n) is 9.48. The summed E-state index contributed by atoms with van der Waals surface area (Å²) < 4.78 is 5.92. The number of ether oxygens (including phenoxy) is 1. The predicted octanol–water partition coefficient (Wildman–Crippen LogP) is 1.44. The van der Waals surface area contributed by atoms with Gasteiger partial charge < -0.3 is 26.3 Å². The number of pyridine rings is 1. The highest BCUT2D eigenvalue weighted by atomic mass is 16.5. The molecule has 0 saturated carbocycles. The van der Waals surface area contributed by atoms with E-state index in [4.69, 9.17) is 15.9 Å². The lowest BCUT2D eigenvalue weighted by atomic mass is 9.81. The van der Waals surface area contributed by atoms with E-state index >= 15 is 0 Å². The summed E-state index contributed by atoms with van der Waals surface area (Å²) in [4.78, 5) is 12.8. The van der Waals surface area contributed by atoms with Gasteiger partial charge in [0.25, 0.3) is 0 Å². The Kier molecular flexibility index (Phi) is 5.12. The van der Waals surface area contributed by atoms with Crippen LogP contribution < -0.4 is 11.1 Å². The number of anilines is 2. The third kappa shape index (κ3) is 3.64. The first-order valence-corrected chi connectivity index (χ1v) is 9.48. The van der Waals surface area contributed by atoms with E-state index < -0.39 is 5.60 Å². The van der Waals surface area contributed by atoms with Crippen molar-refractivity contribution in [2.45, 2.75) is 43.5 Å². The van der Waals surface area contributed by atoms with Crippen molar-refractivity contribution in [2.75, 3.05) is 12.4 Å². The van der Waals surface area contributed by atoms with Gasteiger partial charge in [-0.3, -0.25) is 10.1 Å². The van der Waals surface area contributed by atoms with Crippen LogP contribution in [0.3, 0.4) is 0 Å². The van der Waals surface area contributed by atoms with Gasteiger partial charge in [0.2, 0.25) is 0 Å². The number of H-pyrrole nitrogens is 1. The Morgan fingerprint density at radius 3 is 2.79 bits per heavy atom. The van der Waals surface area contributed by atoms with Gasteiger partial charge in [-0.2, -0.15) is 5.10 Å². The number of hydrogen-bond acceptors (Lipinski definition) is 7. The smallest absolute Gasteiger partial charge is 0.174 e. The number of aromatic nitrogens is 3. The summed E-state index contributed by atoms with van der Waals surface area (Å²) in [7, 11) is 1.60. The average Bonchev–Trinajstić information content (AvgIpc) is 3.35. The predicted molar refractivity (Wildman–Crippen MR) is 110 cm³/mol. The van der Waals surface area contributed by atoms with E-state index in [-0.39, 0.29) is 12.2 Å². The molecule has 10 heteroatoms. The lowest BCUT2D eigenvalue weighted by Gasteiger charge is -2.38. The van der Waals surface area contributed by atoms with Gasteiger partial charge in [0.05, 0.1) is 30.3 Å². The maximum Gasteiger partial charge on any atom is 0.174 e. The number of aliphatic hydroxyl groups is 1. The van der Waals surface area contributed by atoms with E-state index in [1.54, 1.807) is 25.4 Å². The molecule has 152 valence electrons. The number of hydrogen-bond donors (Lipinski definition) is 5. The molecule has 10 nitrogen and oxygen atoms in total. The van der Waals surface area contributed by atoms with Crippen LogP contribution in [-0.4, -0.2) is 57.9 Å². The summed E-state index contributed by atoms with van der Waals surface area (Å²) in [5.74, 6) is 1.34. The standard InChI is InChI=1S/C19H24N8O2/c1-22-18(23-10-21)15-6-14(19(28)7-11-2-3-12(8-19)29-11)13(9-20)17(25-15)26-16-4-5-24-27-16/h4-6,9-12,20,28H,2-3,7-8H2,1H3,(H2,21,22,23)(H2,24,25,26,27)/t11-,12+,19?. The number of fused-ring (bicyclic) bond motifs is 2. The Morgan fingerprint density at radius 2 is 2.21 bits per heavy atom. The molecule has 2 bridgehead atoms. The number of aliphatic imine (C=N–C) groups is 2. The number of nitrogens with zero attached hydrogens (tertiary/aromatic N) is 4. The van der Waals surface area contributed by atoms with Crippen LogP contribution >= 0.6 is 0 Å². The Balaban J connectivity index is 1.87. The molecule has 6 N–H and O–H groups in total. The van der Waals surface area contributed by atoms with Crippen LogP contribution in [0.1, 0.15) is 42.5 Å². The van der Waals surface area contributed by atoms with Crippen LogP contribution in [0.2, 0.25) is 0 Å². The summed E-state index contributed by atoms with van der Waals surface area (Å²) in [5.41, 5.74) is 5.88. The molecule has 0 spiro atoms. The Bertz CT molecular complexity index is 941. The molecule has 2 aliphatic rings. The molecule has 2 aromatic heterocycles. The van der Waals surface area contributed by atoms with Crippen LogP contribution in [-0.2, 0) is 10.3 Å². The average molecular weight is 396 g/mol. The van der Waals surface area contributed by atoms with Crippen LogP contribution in [0, 0.1) is 5.41 Å². The second kappa shape index (κ2) is 7.72. The highest BCUT2D eigenvalue weighted by Gasteiger charge is 2.46. The number of aromatic amines is 1. The van der Waals surface area contributed by atoms with Crippen LogP contribution in [0.25, 0.3) is 0 Å². The minimum atomic E-state index is -1.13. The van der Waals surface area contributed by atoms with E-state index in [1.807, 2.05) is 0 Å². The molecule has 2 fully saturated rings. The fourth-order valence-electron chi connectivity index (χ4n) is 4.19. The molecular formula is C19H24N8O2. The van der Waals surface area contributed by atoms with Crippen LogP contribution in [0.4, 0.5) is 11.6 Å². The molecule has 0 radical (unpaired) electrons. The molecule has 29 heavy (non-hydrogen) atoms. The fraction of sp³-hybridized carbons (Fsp3) is 0.421.